The number of aromatic nitrogens is 1. The molecule has 2 aromatic carbocycles. The zero-order valence-electron chi connectivity index (χ0n) is 12.9. The van der Waals surface area contributed by atoms with Gasteiger partial charge in [0.25, 0.3) is 0 Å². The van der Waals surface area contributed by atoms with Gasteiger partial charge in [0.15, 0.2) is 0 Å². The van der Waals surface area contributed by atoms with Gasteiger partial charge in [0.05, 0.1) is 5.69 Å². The minimum absolute atomic E-state index is 0.235. The Hall–Kier alpha value is -3.54. The van der Waals surface area contributed by atoms with Crippen LogP contribution in [0.3, 0.4) is 0 Å². The van der Waals surface area contributed by atoms with Crippen molar-refractivity contribution in [1.29, 1.82) is 0 Å². The van der Waals surface area contributed by atoms with Crippen LogP contribution in [0.25, 0.3) is 0 Å². The Morgan fingerprint density at radius 3 is 2.04 bits per heavy atom. The first kappa shape index (κ1) is 15.4. The van der Waals surface area contributed by atoms with Crippen LogP contribution in [0.4, 0.5) is 33.5 Å². The van der Waals surface area contributed by atoms with Gasteiger partial charge in [-0.2, -0.15) is 0 Å². The maximum atomic E-state index is 12.0. The Bertz CT molecular complexity index is 821. The summed E-state index contributed by atoms with van der Waals surface area (Å²) in [6, 6.07) is 21.9. The van der Waals surface area contributed by atoms with Crippen molar-refractivity contribution < 1.29 is 4.79 Å². The largest absolute Gasteiger partial charge is 0.382 e. The number of nitrogens with two attached hydrogens (primary N) is 1. The van der Waals surface area contributed by atoms with Gasteiger partial charge < -0.3 is 21.7 Å². The molecule has 24 heavy (non-hydrogen) atoms. The fourth-order valence-corrected chi connectivity index (χ4v) is 2.13. The van der Waals surface area contributed by atoms with Gasteiger partial charge >= 0.3 is 6.03 Å². The second-order valence-corrected chi connectivity index (χ2v) is 5.07. The first-order valence-electron chi connectivity index (χ1n) is 7.42. The fourth-order valence-electron chi connectivity index (χ4n) is 2.13. The van der Waals surface area contributed by atoms with E-state index in [-0.39, 0.29) is 11.8 Å². The Balaban J connectivity index is 1.65. The molecule has 0 fully saturated rings. The van der Waals surface area contributed by atoms with E-state index >= 15 is 0 Å². The molecule has 0 saturated heterocycles. The number of benzene rings is 2. The summed E-state index contributed by atoms with van der Waals surface area (Å²) in [6.07, 6.45) is 0. The normalized spacial score (nSPS) is 10.0. The van der Waals surface area contributed by atoms with E-state index in [1.54, 1.807) is 24.3 Å². The van der Waals surface area contributed by atoms with Crippen LogP contribution in [-0.4, -0.2) is 11.0 Å². The molecule has 3 rings (SSSR count). The molecule has 0 unspecified atom stereocenters. The van der Waals surface area contributed by atoms with E-state index in [0.29, 0.717) is 17.2 Å². The van der Waals surface area contributed by atoms with E-state index in [0.717, 1.165) is 5.69 Å². The number of para-hydroxylation sites is 2. The summed E-state index contributed by atoms with van der Waals surface area (Å²) < 4.78 is 0. The number of anilines is 5. The Kier molecular flexibility index (Phi) is 4.57. The van der Waals surface area contributed by atoms with Crippen molar-refractivity contribution in [2.75, 3.05) is 21.7 Å². The highest BCUT2D eigenvalue weighted by Crippen LogP contribution is 2.21. The van der Waals surface area contributed by atoms with Gasteiger partial charge in [-0.3, -0.25) is 0 Å². The van der Waals surface area contributed by atoms with Crippen LogP contribution in [0, 0.1) is 0 Å². The van der Waals surface area contributed by atoms with Crippen LogP contribution in [0.1, 0.15) is 0 Å². The van der Waals surface area contributed by atoms with E-state index in [1.807, 2.05) is 48.5 Å². The van der Waals surface area contributed by atoms with E-state index in [4.69, 9.17) is 5.73 Å². The number of hydrogen-bond acceptors (Lipinski definition) is 4. The Morgan fingerprint density at radius 2 is 1.42 bits per heavy atom. The average Bonchev–Trinajstić information content (AvgIpc) is 2.59. The van der Waals surface area contributed by atoms with Crippen LogP contribution < -0.4 is 21.7 Å². The summed E-state index contributed by atoms with van der Waals surface area (Å²) in [5, 5.41) is 8.55. The third-order valence-electron chi connectivity index (χ3n) is 3.25. The molecular formula is C18H17N5O. The lowest BCUT2D eigenvalue weighted by Gasteiger charge is -2.11. The lowest BCUT2D eigenvalue weighted by atomic mass is 10.3. The predicted octanol–water partition coefficient (Wildman–Crippen LogP) is 4.05. The minimum Gasteiger partial charge on any atom is -0.382 e. The number of carbonyl (C=O) groups excluding carboxylic acids is 1. The molecule has 120 valence electrons. The molecular weight excluding hydrogens is 302 g/mol. The highest BCUT2D eigenvalue weighted by atomic mass is 16.2. The zero-order chi connectivity index (χ0) is 16.8. The number of nitrogens with zero attached hydrogens (tertiary/aromatic N) is 1. The summed E-state index contributed by atoms with van der Waals surface area (Å²) >= 11 is 0. The number of hydrogen-bond donors (Lipinski definition) is 4. The number of nitrogen functional groups attached to an aromatic ring is 1. The van der Waals surface area contributed by atoms with E-state index in [9.17, 15) is 4.79 Å². The summed E-state index contributed by atoms with van der Waals surface area (Å²) in [5.41, 5.74) is 7.98. The van der Waals surface area contributed by atoms with Crippen LogP contribution in [0.15, 0.2) is 72.8 Å². The maximum Gasteiger partial charge on any atom is 0.323 e. The molecule has 0 aliphatic heterocycles. The van der Waals surface area contributed by atoms with Crippen LogP contribution in [0.5, 0.6) is 0 Å². The number of amides is 2. The van der Waals surface area contributed by atoms with Crippen molar-refractivity contribution in [3.63, 3.8) is 0 Å². The molecule has 3 aromatic rings. The van der Waals surface area contributed by atoms with Crippen molar-refractivity contribution >= 4 is 34.7 Å². The Labute approximate surface area is 139 Å². The van der Waals surface area contributed by atoms with Gasteiger partial charge in [-0.25, -0.2) is 9.78 Å². The van der Waals surface area contributed by atoms with Crippen LogP contribution >= 0.6 is 0 Å². The van der Waals surface area contributed by atoms with Crippen molar-refractivity contribution in [3.05, 3.63) is 72.8 Å². The molecule has 0 saturated carbocycles. The second kappa shape index (κ2) is 7.15. The smallest absolute Gasteiger partial charge is 0.323 e. The van der Waals surface area contributed by atoms with Crippen molar-refractivity contribution in [2.24, 2.45) is 0 Å². The lowest BCUT2D eigenvalue weighted by molar-refractivity contribution is 0.262. The minimum atomic E-state index is -0.376. The highest BCUT2D eigenvalue weighted by molar-refractivity contribution is 6.01. The molecule has 1 heterocycles. The maximum absolute atomic E-state index is 12.0. The molecule has 6 heteroatoms. The zero-order valence-corrected chi connectivity index (χ0v) is 12.9. The van der Waals surface area contributed by atoms with Crippen molar-refractivity contribution in [3.8, 4) is 0 Å². The molecule has 2 amide bonds. The van der Waals surface area contributed by atoms with Crippen LogP contribution in [0.2, 0.25) is 0 Å². The molecule has 0 aliphatic rings. The average molecular weight is 319 g/mol. The van der Waals surface area contributed by atoms with Gasteiger partial charge in [-0.1, -0.05) is 36.4 Å². The molecule has 1 aromatic heterocycles. The third-order valence-corrected chi connectivity index (χ3v) is 3.25. The van der Waals surface area contributed by atoms with Gasteiger partial charge in [0, 0.05) is 11.4 Å². The highest BCUT2D eigenvalue weighted by Gasteiger charge is 2.07. The Morgan fingerprint density at radius 1 is 0.792 bits per heavy atom. The molecule has 0 radical (unpaired) electrons. The van der Waals surface area contributed by atoms with Crippen molar-refractivity contribution in [2.45, 2.75) is 0 Å². The van der Waals surface area contributed by atoms with Crippen molar-refractivity contribution in [1.82, 2.24) is 4.98 Å². The third kappa shape index (κ3) is 4.01. The number of carbonyl (C=O) groups is 1. The molecule has 5 N–H and O–H groups in total. The summed E-state index contributed by atoms with van der Waals surface area (Å²) in [6.45, 7) is 0. The first-order chi connectivity index (χ1) is 11.7. The number of rotatable bonds is 4. The summed E-state index contributed by atoms with van der Waals surface area (Å²) in [4.78, 5) is 16.2. The topological polar surface area (TPSA) is 92.1 Å². The van der Waals surface area contributed by atoms with Crippen LogP contribution in [-0.2, 0) is 0 Å². The molecule has 0 atom stereocenters. The van der Waals surface area contributed by atoms with E-state index in [2.05, 4.69) is 20.9 Å². The van der Waals surface area contributed by atoms with E-state index in [1.165, 1.54) is 0 Å². The quantitative estimate of drug-likeness (QED) is 0.584. The monoisotopic (exact) mass is 319 g/mol. The predicted molar refractivity (Wildman–Crippen MR) is 97.5 cm³/mol. The molecule has 0 bridgehead atoms. The standard InChI is InChI=1S/C18H17N5O/c19-17-15(22-18(24)21-14-9-5-2-6-10-14)11-12-16(23-17)20-13-7-3-1-4-8-13/h1-12H,(H3,19,20,23)(H2,21,22,24). The number of urea groups is 1. The fraction of sp³-hybridized carbons (Fsp3) is 0. The number of nitrogens with one attached hydrogen (secondary N) is 3. The molecule has 0 spiro atoms. The van der Waals surface area contributed by atoms with Gasteiger partial charge in [0.1, 0.15) is 11.6 Å². The van der Waals surface area contributed by atoms with Gasteiger partial charge in [-0.05, 0) is 36.4 Å². The van der Waals surface area contributed by atoms with Gasteiger partial charge in [-0.15, -0.1) is 0 Å². The van der Waals surface area contributed by atoms with E-state index < -0.39 is 0 Å². The summed E-state index contributed by atoms with van der Waals surface area (Å²) in [7, 11) is 0. The van der Waals surface area contributed by atoms with Gasteiger partial charge in [0.2, 0.25) is 0 Å². The second-order valence-electron chi connectivity index (χ2n) is 5.07. The molecule has 0 aliphatic carbocycles. The SMILES string of the molecule is Nc1nc(Nc2ccccc2)ccc1NC(=O)Nc1ccccc1. The summed E-state index contributed by atoms with van der Waals surface area (Å²) in [5.74, 6) is 0.840. The lowest BCUT2D eigenvalue weighted by Crippen LogP contribution is -2.20. The first-order valence-corrected chi connectivity index (χ1v) is 7.42. The number of pyridine rings is 1. The molecule has 6 nitrogen and oxygen atoms in total.